The molecular formula is C13H15BrN4O2. The van der Waals surface area contributed by atoms with Crippen LogP contribution in [0.3, 0.4) is 0 Å². The highest BCUT2D eigenvalue weighted by molar-refractivity contribution is 9.10. The van der Waals surface area contributed by atoms with Gasteiger partial charge in [0.1, 0.15) is 0 Å². The van der Waals surface area contributed by atoms with Gasteiger partial charge in [-0.2, -0.15) is 0 Å². The summed E-state index contributed by atoms with van der Waals surface area (Å²) in [4.78, 5) is 14.2. The maximum Gasteiger partial charge on any atom is 0.270 e. The standard InChI is InChI=1S/C13H15BrN4O2/c14-12-9-11(18(19)20)3-4-13(12)16-5-1-2-7-17-8-6-15-10-17/h3-4,6,8-10,16H,1-2,5,7H2. The Morgan fingerprint density at radius 1 is 1.40 bits per heavy atom. The van der Waals surface area contributed by atoms with Gasteiger partial charge >= 0.3 is 0 Å². The minimum atomic E-state index is -0.403. The van der Waals surface area contributed by atoms with E-state index in [1.807, 2.05) is 10.8 Å². The number of benzene rings is 1. The Bertz CT molecular complexity index is 572. The molecule has 20 heavy (non-hydrogen) atoms. The van der Waals surface area contributed by atoms with Crippen molar-refractivity contribution in [3.05, 3.63) is 51.5 Å². The van der Waals surface area contributed by atoms with Crippen LogP contribution in [0.1, 0.15) is 12.8 Å². The van der Waals surface area contributed by atoms with E-state index in [4.69, 9.17) is 0 Å². The molecule has 1 aromatic carbocycles. The summed E-state index contributed by atoms with van der Waals surface area (Å²) in [6.07, 6.45) is 7.59. The molecule has 0 saturated carbocycles. The highest BCUT2D eigenvalue weighted by Crippen LogP contribution is 2.26. The largest absolute Gasteiger partial charge is 0.384 e. The Balaban J connectivity index is 1.75. The van der Waals surface area contributed by atoms with Crippen molar-refractivity contribution in [1.82, 2.24) is 9.55 Å². The van der Waals surface area contributed by atoms with E-state index in [1.54, 1.807) is 18.6 Å². The van der Waals surface area contributed by atoms with Crippen LogP contribution < -0.4 is 5.32 Å². The predicted molar refractivity (Wildman–Crippen MR) is 80.7 cm³/mol. The molecule has 1 aromatic heterocycles. The molecular weight excluding hydrogens is 324 g/mol. The van der Waals surface area contributed by atoms with Crippen LogP contribution in [0.5, 0.6) is 0 Å². The van der Waals surface area contributed by atoms with Crippen molar-refractivity contribution < 1.29 is 4.92 Å². The second-order valence-electron chi connectivity index (χ2n) is 4.36. The highest BCUT2D eigenvalue weighted by Gasteiger charge is 2.08. The third kappa shape index (κ3) is 4.06. The first kappa shape index (κ1) is 14.5. The van der Waals surface area contributed by atoms with Crippen LogP contribution in [0, 0.1) is 10.1 Å². The molecule has 7 heteroatoms. The first-order chi connectivity index (χ1) is 9.66. The topological polar surface area (TPSA) is 73.0 Å². The number of nitrogens with one attached hydrogen (secondary N) is 1. The van der Waals surface area contributed by atoms with Gasteiger partial charge < -0.3 is 9.88 Å². The third-order valence-electron chi connectivity index (χ3n) is 2.88. The second-order valence-corrected chi connectivity index (χ2v) is 5.21. The van der Waals surface area contributed by atoms with Gasteiger partial charge in [-0.25, -0.2) is 4.98 Å². The number of hydrogen-bond donors (Lipinski definition) is 1. The molecule has 2 aromatic rings. The molecule has 0 radical (unpaired) electrons. The van der Waals surface area contributed by atoms with E-state index in [1.165, 1.54) is 12.1 Å². The molecule has 0 aliphatic carbocycles. The van der Waals surface area contributed by atoms with Gasteiger partial charge in [-0.15, -0.1) is 0 Å². The quantitative estimate of drug-likeness (QED) is 0.476. The molecule has 0 unspecified atom stereocenters. The average molecular weight is 339 g/mol. The number of nitro groups is 1. The van der Waals surface area contributed by atoms with Gasteiger partial charge in [0.05, 0.1) is 11.3 Å². The molecule has 6 nitrogen and oxygen atoms in total. The summed E-state index contributed by atoms with van der Waals surface area (Å²) in [7, 11) is 0. The predicted octanol–water partition coefficient (Wildman–Crippen LogP) is 3.45. The van der Waals surface area contributed by atoms with Gasteiger partial charge in [0.15, 0.2) is 0 Å². The summed E-state index contributed by atoms with van der Waals surface area (Å²) in [5, 5.41) is 13.9. The summed E-state index contributed by atoms with van der Waals surface area (Å²) in [5.74, 6) is 0. The molecule has 0 aliphatic heterocycles. The molecule has 0 fully saturated rings. The Morgan fingerprint density at radius 3 is 2.90 bits per heavy atom. The van der Waals surface area contributed by atoms with E-state index in [0.717, 1.165) is 31.6 Å². The maximum absolute atomic E-state index is 10.6. The Hall–Kier alpha value is -1.89. The third-order valence-corrected chi connectivity index (χ3v) is 3.54. The number of nitrogens with zero attached hydrogens (tertiary/aromatic N) is 3. The van der Waals surface area contributed by atoms with Crippen molar-refractivity contribution in [2.45, 2.75) is 19.4 Å². The average Bonchev–Trinajstić information content (AvgIpc) is 2.93. The van der Waals surface area contributed by atoms with E-state index >= 15 is 0 Å². The molecule has 106 valence electrons. The summed E-state index contributed by atoms with van der Waals surface area (Å²) in [6.45, 7) is 1.77. The van der Waals surface area contributed by atoms with Crippen molar-refractivity contribution in [3.8, 4) is 0 Å². The molecule has 0 amide bonds. The van der Waals surface area contributed by atoms with E-state index in [9.17, 15) is 10.1 Å². The summed E-state index contributed by atoms with van der Waals surface area (Å²) in [6, 6.07) is 4.73. The maximum atomic E-state index is 10.6. The zero-order valence-electron chi connectivity index (χ0n) is 10.8. The van der Waals surface area contributed by atoms with Gasteiger partial charge in [0, 0.05) is 47.8 Å². The van der Waals surface area contributed by atoms with Crippen LogP contribution in [0.15, 0.2) is 41.4 Å². The highest BCUT2D eigenvalue weighted by atomic mass is 79.9. The lowest BCUT2D eigenvalue weighted by molar-refractivity contribution is -0.384. The lowest BCUT2D eigenvalue weighted by Gasteiger charge is -2.08. The summed E-state index contributed by atoms with van der Waals surface area (Å²) in [5.41, 5.74) is 0.959. The Morgan fingerprint density at radius 2 is 2.25 bits per heavy atom. The fraction of sp³-hybridized carbons (Fsp3) is 0.308. The van der Waals surface area contributed by atoms with Crippen LogP contribution in [-0.2, 0) is 6.54 Å². The van der Waals surface area contributed by atoms with Crippen molar-refractivity contribution >= 4 is 27.3 Å². The number of imidazole rings is 1. The number of unbranched alkanes of at least 4 members (excludes halogenated alkanes) is 1. The van der Waals surface area contributed by atoms with Gasteiger partial charge in [0.25, 0.3) is 5.69 Å². The molecule has 0 atom stereocenters. The number of nitro benzene ring substituents is 1. The Labute approximate surface area is 125 Å². The number of aromatic nitrogens is 2. The number of hydrogen-bond acceptors (Lipinski definition) is 4. The zero-order valence-corrected chi connectivity index (χ0v) is 12.4. The first-order valence-corrected chi connectivity index (χ1v) is 7.09. The number of aryl methyl sites for hydroxylation is 1. The van der Waals surface area contributed by atoms with Crippen LogP contribution in [0.2, 0.25) is 0 Å². The molecule has 1 N–H and O–H groups in total. The van der Waals surface area contributed by atoms with Gasteiger partial charge in [-0.1, -0.05) is 0 Å². The Kier molecular flexibility index (Phi) is 5.11. The van der Waals surface area contributed by atoms with Crippen molar-refractivity contribution in [2.75, 3.05) is 11.9 Å². The molecule has 2 rings (SSSR count). The minimum absolute atomic E-state index is 0.0857. The molecule has 0 spiro atoms. The number of non-ortho nitro benzene ring substituents is 1. The lowest BCUT2D eigenvalue weighted by atomic mass is 10.2. The van der Waals surface area contributed by atoms with Gasteiger partial charge in [-0.3, -0.25) is 10.1 Å². The van der Waals surface area contributed by atoms with E-state index in [0.29, 0.717) is 4.47 Å². The fourth-order valence-electron chi connectivity index (χ4n) is 1.82. The summed E-state index contributed by atoms with van der Waals surface area (Å²) >= 11 is 3.34. The van der Waals surface area contributed by atoms with Crippen molar-refractivity contribution in [3.63, 3.8) is 0 Å². The van der Waals surface area contributed by atoms with Crippen LogP contribution >= 0.6 is 15.9 Å². The van der Waals surface area contributed by atoms with Gasteiger partial charge in [0.2, 0.25) is 0 Å². The number of halogens is 1. The minimum Gasteiger partial charge on any atom is -0.384 e. The van der Waals surface area contributed by atoms with Crippen molar-refractivity contribution in [2.24, 2.45) is 0 Å². The molecule has 0 aliphatic rings. The van der Waals surface area contributed by atoms with E-state index in [-0.39, 0.29) is 5.69 Å². The first-order valence-electron chi connectivity index (χ1n) is 6.30. The monoisotopic (exact) mass is 338 g/mol. The van der Waals surface area contributed by atoms with Crippen LogP contribution in [-0.4, -0.2) is 21.0 Å². The smallest absolute Gasteiger partial charge is 0.270 e. The summed E-state index contributed by atoms with van der Waals surface area (Å²) < 4.78 is 2.75. The van der Waals surface area contributed by atoms with Crippen LogP contribution in [0.4, 0.5) is 11.4 Å². The number of anilines is 1. The molecule has 0 saturated heterocycles. The number of rotatable bonds is 7. The lowest BCUT2D eigenvalue weighted by Crippen LogP contribution is -2.04. The zero-order chi connectivity index (χ0) is 14.4. The molecule has 0 bridgehead atoms. The van der Waals surface area contributed by atoms with Crippen molar-refractivity contribution in [1.29, 1.82) is 0 Å². The van der Waals surface area contributed by atoms with E-state index < -0.39 is 4.92 Å². The van der Waals surface area contributed by atoms with Gasteiger partial charge in [-0.05, 0) is 34.8 Å². The van der Waals surface area contributed by atoms with E-state index in [2.05, 4.69) is 26.2 Å². The SMILES string of the molecule is O=[N+]([O-])c1ccc(NCCCCn2ccnc2)c(Br)c1. The normalized spacial score (nSPS) is 10.4. The fourth-order valence-corrected chi connectivity index (χ4v) is 2.33. The van der Waals surface area contributed by atoms with Crippen LogP contribution in [0.25, 0.3) is 0 Å². The second kappa shape index (κ2) is 7.04. The molecule has 1 heterocycles.